The molecule has 4 heteroatoms. The lowest BCUT2D eigenvalue weighted by atomic mass is 9.85. The minimum atomic E-state index is -0.453. The maximum absolute atomic E-state index is 11.1. The highest BCUT2D eigenvalue weighted by Crippen LogP contribution is 2.21. The molecule has 0 bridgehead atoms. The van der Waals surface area contributed by atoms with Crippen LogP contribution in [0.5, 0.6) is 0 Å². The third-order valence-corrected chi connectivity index (χ3v) is 4.10. The van der Waals surface area contributed by atoms with E-state index in [0.717, 1.165) is 12.1 Å². The third-order valence-electron chi connectivity index (χ3n) is 3.75. The normalized spacial score (nSPS) is 11.6. The van der Waals surface area contributed by atoms with Gasteiger partial charge in [0.2, 0.25) is 5.91 Å². The summed E-state index contributed by atoms with van der Waals surface area (Å²) in [6.07, 6.45) is 0. The van der Waals surface area contributed by atoms with Crippen molar-refractivity contribution in [1.82, 2.24) is 5.32 Å². The van der Waals surface area contributed by atoms with Crippen LogP contribution in [0.15, 0.2) is 18.2 Å². The molecular formula is C16H25ClN2O. The van der Waals surface area contributed by atoms with Crippen LogP contribution < -0.4 is 11.1 Å². The van der Waals surface area contributed by atoms with Crippen molar-refractivity contribution in [2.24, 2.45) is 23.5 Å². The first kappa shape index (κ1) is 17.0. The number of halogens is 1. The Kier molecular flexibility index (Phi) is 6.50. The van der Waals surface area contributed by atoms with Crippen LogP contribution in [-0.4, -0.2) is 12.5 Å². The molecule has 3 N–H and O–H groups in total. The Bertz CT molecular complexity index is 450. The Labute approximate surface area is 126 Å². The van der Waals surface area contributed by atoms with Gasteiger partial charge in [0.05, 0.1) is 0 Å². The first-order chi connectivity index (χ1) is 9.32. The van der Waals surface area contributed by atoms with Crippen molar-refractivity contribution < 1.29 is 4.79 Å². The molecule has 0 aliphatic rings. The molecule has 0 saturated heterocycles. The molecule has 1 aromatic carbocycles. The van der Waals surface area contributed by atoms with Gasteiger partial charge in [0.25, 0.3) is 0 Å². The minimum Gasteiger partial charge on any atom is -0.366 e. The lowest BCUT2D eigenvalue weighted by Gasteiger charge is -2.25. The number of hydrogen-bond donors (Lipinski definition) is 2. The molecule has 0 aromatic heterocycles. The van der Waals surface area contributed by atoms with E-state index < -0.39 is 5.91 Å². The van der Waals surface area contributed by atoms with Crippen LogP contribution >= 0.6 is 11.6 Å². The largest absolute Gasteiger partial charge is 0.366 e. The zero-order chi connectivity index (χ0) is 15.3. The number of primary amides is 1. The highest BCUT2D eigenvalue weighted by molar-refractivity contribution is 6.31. The molecule has 0 saturated carbocycles. The fourth-order valence-corrected chi connectivity index (χ4v) is 2.71. The summed E-state index contributed by atoms with van der Waals surface area (Å²) in [5.74, 6) is 1.48. The van der Waals surface area contributed by atoms with Crippen molar-refractivity contribution in [2.45, 2.75) is 34.2 Å². The maximum atomic E-state index is 11.1. The Hall–Kier alpha value is -1.06. The zero-order valence-electron chi connectivity index (χ0n) is 12.7. The van der Waals surface area contributed by atoms with Gasteiger partial charge in [-0.15, -0.1) is 0 Å². The lowest BCUT2D eigenvalue weighted by molar-refractivity contribution is 0.100. The first-order valence-electron chi connectivity index (χ1n) is 7.11. The molecule has 3 nitrogen and oxygen atoms in total. The van der Waals surface area contributed by atoms with Gasteiger partial charge in [-0.1, -0.05) is 45.4 Å². The summed E-state index contributed by atoms with van der Waals surface area (Å²) in [6, 6.07) is 5.20. The van der Waals surface area contributed by atoms with Gasteiger partial charge in [-0.25, -0.2) is 0 Å². The van der Waals surface area contributed by atoms with E-state index in [1.54, 1.807) is 12.1 Å². The number of amides is 1. The SMILES string of the molecule is CC(C)C(CNCc1ccc(C(N)=O)cc1Cl)C(C)C. The molecule has 20 heavy (non-hydrogen) atoms. The predicted molar refractivity (Wildman–Crippen MR) is 84.8 cm³/mol. The standard InChI is InChI=1S/C16H25ClN2O/c1-10(2)14(11(3)4)9-19-8-13-6-5-12(16(18)20)7-15(13)17/h5-7,10-11,14,19H,8-9H2,1-4H3,(H2,18,20). The van der Waals surface area contributed by atoms with Gasteiger partial charge in [-0.3, -0.25) is 4.79 Å². The van der Waals surface area contributed by atoms with Crippen LogP contribution in [0.4, 0.5) is 0 Å². The number of benzene rings is 1. The Morgan fingerprint density at radius 3 is 2.30 bits per heavy atom. The van der Waals surface area contributed by atoms with Crippen molar-refractivity contribution >= 4 is 17.5 Å². The van der Waals surface area contributed by atoms with Gasteiger partial charge < -0.3 is 11.1 Å². The average molecular weight is 297 g/mol. The van der Waals surface area contributed by atoms with Crippen molar-refractivity contribution in [3.63, 3.8) is 0 Å². The highest BCUT2D eigenvalue weighted by atomic mass is 35.5. The smallest absolute Gasteiger partial charge is 0.248 e. The molecule has 0 unspecified atom stereocenters. The molecule has 112 valence electrons. The molecule has 1 rings (SSSR count). The van der Waals surface area contributed by atoms with Crippen LogP contribution in [0.2, 0.25) is 5.02 Å². The van der Waals surface area contributed by atoms with Gasteiger partial charge in [0, 0.05) is 17.1 Å². The van der Waals surface area contributed by atoms with Crippen molar-refractivity contribution in [3.8, 4) is 0 Å². The fraction of sp³-hybridized carbons (Fsp3) is 0.562. The summed E-state index contributed by atoms with van der Waals surface area (Å²) in [6.45, 7) is 10.7. The molecular weight excluding hydrogens is 272 g/mol. The minimum absolute atomic E-state index is 0.445. The number of carbonyl (C=O) groups excluding carboxylic acids is 1. The molecule has 0 radical (unpaired) electrons. The monoisotopic (exact) mass is 296 g/mol. The van der Waals surface area contributed by atoms with Gasteiger partial charge in [0.15, 0.2) is 0 Å². The van der Waals surface area contributed by atoms with Gasteiger partial charge >= 0.3 is 0 Å². The maximum Gasteiger partial charge on any atom is 0.248 e. The molecule has 0 aliphatic carbocycles. The molecule has 0 aliphatic heterocycles. The second kappa shape index (κ2) is 7.65. The first-order valence-corrected chi connectivity index (χ1v) is 7.49. The Morgan fingerprint density at radius 2 is 1.85 bits per heavy atom. The number of nitrogens with one attached hydrogen (secondary N) is 1. The lowest BCUT2D eigenvalue weighted by Crippen LogP contribution is -2.29. The van der Waals surface area contributed by atoms with E-state index in [2.05, 4.69) is 33.0 Å². The second-order valence-electron chi connectivity index (χ2n) is 5.95. The molecule has 0 heterocycles. The van der Waals surface area contributed by atoms with E-state index in [-0.39, 0.29) is 0 Å². The molecule has 0 fully saturated rings. The summed E-state index contributed by atoms with van der Waals surface area (Å²) < 4.78 is 0. The topological polar surface area (TPSA) is 55.1 Å². The zero-order valence-corrected chi connectivity index (χ0v) is 13.5. The van der Waals surface area contributed by atoms with Crippen LogP contribution in [-0.2, 0) is 6.54 Å². The summed E-state index contributed by atoms with van der Waals surface area (Å²) >= 11 is 6.17. The number of carbonyl (C=O) groups is 1. The third kappa shape index (κ3) is 4.80. The van der Waals surface area contributed by atoms with Crippen LogP contribution in [0.1, 0.15) is 43.6 Å². The highest BCUT2D eigenvalue weighted by Gasteiger charge is 2.17. The van der Waals surface area contributed by atoms with Crippen LogP contribution in [0, 0.1) is 17.8 Å². The van der Waals surface area contributed by atoms with Gasteiger partial charge in [-0.05, 0) is 42.0 Å². The molecule has 0 atom stereocenters. The molecule has 1 amide bonds. The summed E-state index contributed by atoms with van der Waals surface area (Å²) in [5, 5.41) is 4.04. The molecule has 1 aromatic rings. The van der Waals surface area contributed by atoms with Crippen LogP contribution in [0.3, 0.4) is 0 Å². The van der Waals surface area contributed by atoms with E-state index in [9.17, 15) is 4.79 Å². The van der Waals surface area contributed by atoms with E-state index >= 15 is 0 Å². The summed E-state index contributed by atoms with van der Waals surface area (Å²) in [7, 11) is 0. The Morgan fingerprint density at radius 1 is 1.25 bits per heavy atom. The second-order valence-corrected chi connectivity index (χ2v) is 6.36. The van der Waals surface area contributed by atoms with Gasteiger partial charge in [-0.2, -0.15) is 0 Å². The van der Waals surface area contributed by atoms with E-state index in [1.807, 2.05) is 6.07 Å². The average Bonchev–Trinajstić information content (AvgIpc) is 2.34. The number of rotatable bonds is 7. The van der Waals surface area contributed by atoms with E-state index in [1.165, 1.54) is 0 Å². The van der Waals surface area contributed by atoms with Gasteiger partial charge in [0.1, 0.15) is 0 Å². The fourth-order valence-electron chi connectivity index (χ4n) is 2.46. The van der Waals surface area contributed by atoms with Crippen LogP contribution in [0.25, 0.3) is 0 Å². The van der Waals surface area contributed by atoms with Crippen molar-refractivity contribution in [2.75, 3.05) is 6.54 Å². The van der Waals surface area contributed by atoms with E-state index in [4.69, 9.17) is 17.3 Å². The Balaban J connectivity index is 2.60. The predicted octanol–water partition coefficient (Wildman–Crippen LogP) is 3.46. The number of hydrogen-bond acceptors (Lipinski definition) is 2. The summed E-state index contributed by atoms with van der Waals surface area (Å²) in [5.41, 5.74) is 6.66. The summed E-state index contributed by atoms with van der Waals surface area (Å²) in [4.78, 5) is 11.1. The van der Waals surface area contributed by atoms with Crippen molar-refractivity contribution in [3.05, 3.63) is 34.3 Å². The van der Waals surface area contributed by atoms with Crippen molar-refractivity contribution in [1.29, 1.82) is 0 Å². The quantitative estimate of drug-likeness (QED) is 0.809. The van der Waals surface area contributed by atoms with E-state index in [0.29, 0.717) is 34.9 Å². The molecule has 0 spiro atoms. The number of nitrogens with two attached hydrogens (primary N) is 1.